The zero-order valence-electron chi connectivity index (χ0n) is 17.4. The zero-order chi connectivity index (χ0) is 22.4. The summed E-state index contributed by atoms with van der Waals surface area (Å²) in [5, 5.41) is 15.5. The van der Waals surface area contributed by atoms with Crippen molar-refractivity contribution in [3.8, 4) is 5.75 Å². The molecule has 1 fully saturated rings. The van der Waals surface area contributed by atoms with E-state index in [0.717, 1.165) is 16.9 Å². The van der Waals surface area contributed by atoms with Crippen molar-refractivity contribution in [2.45, 2.75) is 37.8 Å². The van der Waals surface area contributed by atoms with Crippen LogP contribution in [0.4, 0.5) is 0 Å². The second-order valence-electron chi connectivity index (χ2n) is 7.57. The quantitative estimate of drug-likeness (QED) is 0.303. The third-order valence-electron chi connectivity index (χ3n) is 5.21. The topological polar surface area (TPSA) is 143 Å². The SMILES string of the molecule is COc1ccccc1CNCC1=CCC(N)C(=O)N(CC(=O)NC2CC(=O)OC2O)C1. The van der Waals surface area contributed by atoms with Gasteiger partial charge in [-0.1, -0.05) is 24.3 Å². The van der Waals surface area contributed by atoms with Gasteiger partial charge in [0.15, 0.2) is 0 Å². The van der Waals surface area contributed by atoms with E-state index in [1.54, 1.807) is 7.11 Å². The first-order valence-electron chi connectivity index (χ1n) is 10.1. The van der Waals surface area contributed by atoms with Crippen molar-refractivity contribution in [3.63, 3.8) is 0 Å². The molecule has 168 valence electrons. The highest BCUT2D eigenvalue weighted by Crippen LogP contribution is 2.17. The maximum absolute atomic E-state index is 12.6. The normalized spacial score (nSPS) is 23.8. The first-order chi connectivity index (χ1) is 14.9. The number of hydrogen-bond acceptors (Lipinski definition) is 8. The Morgan fingerprint density at radius 2 is 2.10 bits per heavy atom. The fraction of sp³-hybridized carbons (Fsp3) is 0.476. The number of esters is 1. The summed E-state index contributed by atoms with van der Waals surface area (Å²) in [7, 11) is 1.62. The molecular weight excluding hydrogens is 404 g/mol. The molecule has 10 nitrogen and oxygen atoms in total. The second-order valence-corrected chi connectivity index (χ2v) is 7.57. The fourth-order valence-corrected chi connectivity index (χ4v) is 3.58. The molecule has 5 N–H and O–H groups in total. The number of nitrogens with two attached hydrogens (primary N) is 1. The lowest BCUT2D eigenvalue weighted by molar-refractivity contribution is -0.155. The number of aliphatic hydroxyl groups is 1. The van der Waals surface area contributed by atoms with Crippen molar-refractivity contribution in [1.82, 2.24) is 15.5 Å². The van der Waals surface area contributed by atoms with Gasteiger partial charge in [-0.25, -0.2) is 0 Å². The number of carbonyl (C=O) groups is 3. The highest BCUT2D eigenvalue weighted by atomic mass is 16.6. The molecule has 2 heterocycles. The fourth-order valence-electron chi connectivity index (χ4n) is 3.58. The molecular formula is C21H28N4O6. The van der Waals surface area contributed by atoms with Crippen LogP contribution in [0.2, 0.25) is 0 Å². The number of methoxy groups -OCH3 is 1. The monoisotopic (exact) mass is 432 g/mol. The number of para-hydroxylation sites is 1. The van der Waals surface area contributed by atoms with Gasteiger partial charge in [-0.3, -0.25) is 14.4 Å². The molecule has 2 aliphatic rings. The molecule has 0 aliphatic carbocycles. The zero-order valence-corrected chi connectivity index (χ0v) is 17.4. The maximum atomic E-state index is 12.6. The van der Waals surface area contributed by atoms with Crippen LogP contribution in [0.25, 0.3) is 0 Å². The molecule has 10 heteroatoms. The number of benzene rings is 1. The Hall–Kier alpha value is -2.95. The highest BCUT2D eigenvalue weighted by Gasteiger charge is 2.35. The van der Waals surface area contributed by atoms with Gasteiger partial charge in [0.1, 0.15) is 11.8 Å². The molecule has 1 saturated heterocycles. The van der Waals surface area contributed by atoms with Crippen molar-refractivity contribution in [1.29, 1.82) is 0 Å². The number of cyclic esters (lactones) is 1. The van der Waals surface area contributed by atoms with Crippen molar-refractivity contribution in [2.24, 2.45) is 5.73 Å². The Kier molecular flexibility index (Phi) is 7.61. The molecule has 3 unspecified atom stereocenters. The second kappa shape index (κ2) is 10.4. The predicted octanol–water partition coefficient (Wildman–Crippen LogP) is -0.979. The maximum Gasteiger partial charge on any atom is 0.310 e. The molecule has 1 aromatic rings. The molecule has 1 aromatic carbocycles. The molecule has 0 bridgehead atoms. The summed E-state index contributed by atoms with van der Waals surface area (Å²) < 4.78 is 9.96. The van der Waals surface area contributed by atoms with E-state index in [0.29, 0.717) is 19.5 Å². The van der Waals surface area contributed by atoms with Crippen LogP contribution >= 0.6 is 0 Å². The highest BCUT2D eigenvalue weighted by molar-refractivity contribution is 5.88. The summed E-state index contributed by atoms with van der Waals surface area (Å²) in [5.41, 5.74) is 7.90. The van der Waals surface area contributed by atoms with Crippen molar-refractivity contribution in [3.05, 3.63) is 41.5 Å². The average Bonchev–Trinajstić information content (AvgIpc) is 2.99. The van der Waals surface area contributed by atoms with E-state index in [-0.39, 0.29) is 25.4 Å². The van der Waals surface area contributed by atoms with E-state index in [9.17, 15) is 19.5 Å². The molecule has 0 spiro atoms. The smallest absolute Gasteiger partial charge is 0.310 e. The minimum absolute atomic E-state index is 0.113. The number of hydrogen-bond donors (Lipinski definition) is 4. The van der Waals surface area contributed by atoms with E-state index in [2.05, 4.69) is 15.4 Å². The van der Waals surface area contributed by atoms with Crippen LogP contribution in [-0.2, 0) is 25.7 Å². The van der Waals surface area contributed by atoms with Gasteiger partial charge in [-0.15, -0.1) is 0 Å². The third kappa shape index (κ3) is 6.03. The van der Waals surface area contributed by atoms with Crippen LogP contribution in [0, 0.1) is 0 Å². The van der Waals surface area contributed by atoms with Crippen LogP contribution in [-0.4, -0.2) is 72.9 Å². The van der Waals surface area contributed by atoms with Gasteiger partial charge in [0.25, 0.3) is 0 Å². The Bertz CT molecular complexity index is 858. The molecule has 3 rings (SSSR count). The first kappa shape index (κ1) is 22.7. The molecule has 31 heavy (non-hydrogen) atoms. The Morgan fingerprint density at radius 3 is 2.81 bits per heavy atom. The summed E-state index contributed by atoms with van der Waals surface area (Å²) in [4.78, 5) is 37.6. The van der Waals surface area contributed by atoms with Crippen LogP contribution in [0.15, 0.2) is 35.9 Å². The van der Waals surface area contributed by atoms with Gasteiger partial charge in [0.05, 0.1) is 26.1 Å². The number of nitrogens with zero attached hydrogens (tertiary/aromatic N) is 1. The van der Waals surface area contributed by atoms with Crippen molar-refractivity contribution in [2.75, 3.05) is 26.7 Å². The van der Waals surface area contributed by atoms with E-state index in [1.807, 2.05) is 30.3 Å². The number of carbonyl (C=O) groups excluding carboxylic acids is 3. The van der Waals surface area contributed by atoms with Gasteiger partial charge < -0.3 is 35.8 Å². The summed E-state index contributed by atoms with van der Waals surface area (Å²) in [6, 6.07) is 6.13. The Morgan fingerprint density at radius 1 is 1.32 bits per heavy atom. The van der Waals surface area contributed by atoms with Crippen molar-refractivity contribution >= 4 is 17.8 Å². The lowest BCUT2D eigenvalue weighted by Gasteiger charge is -2.24. The minimum Gasteiger partial charge on any atom is -0.496 e. The number of ether oxygens (including phenoxy) is 2. The molecule has 2 aliphatic heterocycles. The van der Waals surface area contributed by atoms with Crippen molar-refractivity contribution < 1.29 is 29.0 Å². The van der Waals surface area contributed by atoms with Gasteiger partial charge in [-0.2, -0.15) is 0 Å². The van der Waals surface area contributed by atoms with Gasteiger partial charge >= 0.3 is 5.97 Å². The molecule has 3 atom stereocenters. The van der Waals surface area contributed by atoms with Crippen LogP contribution in [0.5, 0.6) is 5.75 Å². The van der Waals surface area contributed by atoms with Gasteiger partial charge in [0.2, 0.25) is 18.1 Å². The summed E-state index contributed by atoms with van der Waals surface area (Å²) in [6.45, 7) is 1.12. The average molecular weight is 432 g/mol. The number of aliphatic hydroxyl groups excluding tert-OH is 1. The standard InChI is InChI=1S/C21H28N4O6/c1-30-17-5-3-2-4-14(17)10-23-9-13-6-7-15(22)20(28)25(11-13)12-18(26)24-16-8-19(27)31-21(16)29/h2-6,15-16,21,23,29H,7-12,22H2,1H3,(H,24,26). The van der Waals surface area contributed by atoms with Crippen LogP contribution in [0.1, 0.15) is 18.4 Å². The van der Waals surface area contributed by atoms with Gasteiger partial charge in [0, 0.05) is 25.2 Å². The van der Waals surface area contributed by atoms with Gasteiger partial charge in [-0.05, 0) is 18.1 Å². The molecule has 0 saturated carbocycles. The number of nitrogens with one attached hydrogen (secondary N) is 2. The summed E-state index contributed by atoms with van der Waals surface area (Å²) in [5.74, 6) is -0.620. The van der Waals surface area contributed by atoms with E-state index in [4.69, 9.17) is 10.5 Å². The summed E-state index contributed by atoms with van der Waals surface area (Å²) in [6.07, 6.45) is 0.807. The lowest BCUT2D eigenvalue weighted by Crippen LogP contribution is -2.50. The third-order valence-corrected chi connectivity index (χ3v) is 5.21. The van der Waals surface area contributed by atoms with E-state index < -0.39 is 30.3 Å². The first-order valence-corrected chi connectivity index (χ1v) is 10.1. The molecule has 2 amide bonds. The van der Waals surface area contributed by atoms with E-state index >= 15 is 0 Å². The Labute approximate surface area is 180 Å². The number of amides is 2. The lowest BCUT2D eigenvalue weighted by atomic mass is 10.1. The van der Waals surface area contributed by atoms with Crippen LogP contribution < -0.4 is 21.1 Å². The predicted molar refractivity (Wildman–Crippen MR) is 111 cm³/mol. The molecule has 0 aromatic heterocycles. The Balaban J connectivity index is 1.56. The molecule has 0 radical (unpaired) electrons. The summed E-state index contributed by atoms with van der Waals surface area (Å²) >= 11 is 0. The number of rotatable bonds is 8. The van der Waals surface area contributed by atoms with Crippen LogP contribution in [0.3, 0.4) is 0 Å². The van der Waals surface area contributed by atoms with E-state index in [1.165, 1.54) is 4.90 Å². The minimum atomic E-state index is -1.38. The largest absolute Gasteiger partial charge is 0.496 e.